The highest BCUT2D eigenvalue weighted by Gasteiger charge is 2.04. The summed E-state index contributed by atoms with van der Waals surface area (Å²) >= 11 is 0. The van der Waals surface area contributed by atoms with Crippen LogP contribution in [0.4, 0.5) is 11.4 Å². The number of nitrogen functional groups attached to an aromatic ring is 1. The second-order valence-electron chi connectivity index (χ2n) is 3.72. The first kappa shape index (κ1) is 11.4. The van der Waals surface area contributed by atoms with Crippen molar-refractivity contribution in [2.24, 2.45) is 0 Å². The van der Waals surface area contributed by atoms with Crippen LogP contribution in [0, 0.1) is 6.92 Å². The van der Waals surface area contributed by atoms with E-state index >= 15 is 0 Å². The minimum atomic E-state index is 0.0474. The molecular formula is C11H17N3O. The van der Waals surface area contributed by atoms with Gasteiger partial charge in [0.2, 0.25) is 5.91 Å². The minimum Gasteiger partial charge on any atom is -0.399 e. The van der Waals surface area contributed by atoms with Crippen LogP contribution in [0.2, 0.25) is 0 Å². The highest BCUT2D eigenvalue weighted by Crippen LogP contribution is 2.17. The Morgan fingerprint density at radius 3 is 2.67 bits per heavy atom. The zero-order valence-electron chi connectivity index (χ0n) is 9.37. The molecule has 0 spiro atoms. The molecule has 4 heteroatoms. The molecule has 3 N–H and O–H groups in total. The first-order valence-corrected chi connectivity index (χ1v) is 4.81. The van der Waals surface area contributed by atoms with E-state index in [1.807, 2.05) is 25.1 Å². The van der Waals surface area contributed by atoms with Crippen LogP contribution in [0.3, 0.4) is 0 Å². The zero-order valence-corrected chi connectivity index (χ0v) is 9.37. The quantitative estimate of drug-likeness (QED) is 0.729. The number of nitrogens with one attached hydrogen (secondary N) is 1. The number of rotatable bonds is 3. The lowest BCUT2D eigenvalue weighted by molar-refractivity contribution is -0.126. The average molecular weight is 207 g/mol. The van der Waals surface area contributed by atoms with E-state index in [0.717, 1.165) is 16.9 Å². The Bertz CT molecular complexity index is 361. The van der Waals surface area contributed by atoms with Gasteiger partial charge in [-0.05, 0) is 30.7 Å². The van der Waals surface area contributed by atoms with Gasteiger partial charge in [-0.25, -0.2) is 0 Å². The van der Waals surface area contributed by atoms with Gasteiger partial charge in [0.1, 0.15) is 0 Å². The topological polar surface area (TPSA) is 58.4 Å². The number of carbonyl (C=O) groups is 1. The number of carbonyl (C=O) groups excluding carboxylic acids is 1. The van der Waals surface area contributed by atoms with Crippen molar-refractivity contribution >= 4 is 17.3 Å². The summed E-state index contributed by atoms with van der Waals surface area (Å²) in [5, 5.41) is 3.07. The molecule has 0 fully saturated rings. The largest absolute Gasteiger partial charge is 0.399 e. The molecule has 0 aliphatic rings. The number of hydrogen-bond acceptors (Lipinski definition) is 3. The van der Waals surface area contributed by atoms with Crippen molar-refractivity contribution in [3.63, 3.8) is 0 Å². The molecular weight excluding hydrogens is 190 g/mol. The number of likely N-dealkylation sites (N-methyl/N-ethyl adjacent to an activating group) is 1. The van der Waals surface area contributed by atoms with Crippen LogP contribution in [-0.4, -0.2) is 31.4 Å². The van der Waals surface area contributed by atoms with E-state index in [2.05, 4.69) is 5.32 Å². The first-order valence-electron chi connectivity index (χ1n) is 4.81. The fourth-order valence-corrected chi connectivity index (χ4v) is 1.21. The van der Waals surface area contributed by atoms with Crippen molar-refractivity contribution in [1.82, 2.24) is 4.90 Å². The number of amides is 1. The number of aryl methyl sites for hydroxylation is 1. The van der Waals surface area contributed by atoms with E-state index in [1.165, 1.54) is 0 Å². The van der Waals surface area contributed by atoms with Gasteiger partial charge in [-0.2, -0.15) is 0 Å². The molecule has 15 heavy (non-hydrogen) atoms. The third kappa shape index (κ3) is 3.16. The van der Waals surface area contributed by atoms with Gasteiger partial charge in [-0.1, -0.05) is 0 Å². The molecule has 1 aromatic rings. The Balaban J connectivity index is 2.62. The van der Waals surface area contributed by atoms with Crippen LogP contribution in [0.5, 0.6) is 0 Å². The smallest absolute Gasteiger partial charge is 0.241 e. The van der Waals surface area contributed by atoms with Crippen molar-refractivity contribution in [3.05, 3.63) is 23.8 Å². The number of nitrogens with zero attached hydrogens (tertiary/aromatic N) is 1. The third-order valence-electron chi connectivity index (χ3n) is 2.18. The van der Waals surface area contributed by atoms with Crippen molar-refractivity contribution in [2.45, 2.75) is 6.92 Å². The molecule has 0 unspecified atom stereocenters. The highest BCUT2D eigenvalue weighted by molar-refractivity contribution is 5.80. The SMILES string of the molecule is Cc1cc(N)ccc1NCC(=O)N(C)C. The Hall–Kier alpha value is -1.71. The van der Waals surface area contributed by atoms with E-state index in [1.54, 1.807) is 19.0 Å². The van der Waals surface area contributed by atoms with Crippen LogP contribution in [0.25, 0.3) is 0 Å². The van der Waals surface area contributed by atoms with Crippen molar-refractivity contribution in [3.8, 4) is 0 Å². The summed E-state index contributed by atoms with van der Waals surface area (Å²) < 4.78 is 0. The van der Waals surface area contributed by atoms with E-state index in [-0.39, 0.29) is 5.91 Å². The molecule has 0 aliphatic heterocycles. The van der Waals surface area contributed by atoms with Gasteiger partial charge in [0.05, 0.1) is 6.54 Å². The van der Waals surface area contributed by atoms with Crippen LogP contribution >= 0.6 is 0 Å². The van der Waals surface area contributed by atoms with Gasteiger partial charge in [0.15, 0.2) is 0 Å². The van der Waals surface area contributed by atoms with E-state index in [4.69, 9.17) is 5.73 Å². The van der Waals surface area contributed by atoms with Crippen molar-refractivity contribution in [1.29, 1.82) is 0 Å². The van der Waals surface area contributed by atoms with Gasteiger partial charge in [0.25, 0.3) is 0 Å². The standard InChI is InChI=1S/C11H17N3O/c1-8-6-9(12)4-5-10(8)13-7-11(15)14(2)3/h4-6,13H,7,12H2,1-3H3. The van der Waals surface area contributed by atoms with Gasteiger partial charge in [-0.15, -0.1) is 0 Å². The summed E-state index contributed by atoms with van der Waals surface area (Å²) in [5.74, 6) is 0.0474. The maximum atomic E-state index is 11.3. The second-order valence-corrected chi connectivity index (χ2v) is 3.72. The predicted octanol–water partition coefficient (Wildman–Crippen LogP) is 1.08. The molecule has 0 saturated heterocycles. The fourth-order valence-electron chi connectivity index (χ4n) is 1.21. The van der Waals surface area contributed by atoms with Gasteiger partial charge in [-0.3, -0.25) is 4.79 Å². The summed E-state index contributed by atoms with van der Waals surface area (Å²) in [5.41, 5.74) is 8.35. The van der Waals surface area contributed by atoms with Crippen LogP contribution in [-0.2, 0) is 4.79 Å². The van der Waals surface area contributed by atoms with Crippen LogP contribution < -0.4 is 11.1 Å². The summed E-state index contributed by atoms with van der Waals surface area (Å²) in [6.07, 6.45) is 0. The molecule has 1 amide bonds. The summed E-state index contributed by atoms with van der Waals surface area (Å²) in [4.78, 5) is 12.9. The molecule has 0 aromatic heterocycles. The predicted molar refractivity (Wildman–Crippen MR) is 62.8 cm³/mol. The number of benzene rings is 1. The van der Waals surface area contributed by atoms with Crippen LogP contribution in [0.1, 0.15) is 5.56 Å². The fraction of sp³-hybridized carbons (Fsp3) is 0.364. The van der Waals surface area contributed by atoms with Gasteiger partial charge < -0.3 is 16.0 Å². The lowest BCUT2D eigenvalue weighted by Crippen LogP contribution is -2.28. The lowest BCUT2D eigenvalue weighted by Gasteiger charge is -2.13. The van der Waals surface area contributed by atoms with E-state index in [9.17, 15) is 4.79 Å². The maximum absolute atomic E-state index is 11.3. The Morgan fingerprint density at radius 1 is 1.47 bits per heavy atom. The average Bonchev–Trinajstić information content (AvgIpc) is 2.15. The molecule has 0 atom stereocenters. The lowest BCUT2D eigenvalue weighted by atomic mass is 10.2. The molecule has 0 aliphatic carbocycles. The summed E-state index contributed by atoms with van der Waals surface area (Å²) in [7, 11) is 3.47. The van der Waals surface area contributed by atoms with E-state index in [0.29, 0.717) is 6.54 Å². The van der Waals surface area contributed by atoms with Crippen LogP contribution in [0.15, 0.2) is 18.2 Å². The Labute approximate surface area is 90.1 Å². The molecule has 1 rings (SSSR count). The molecule has 0 bridgehead atoms. The summed E-state index contributed by atoms with van der Waals surface area (Å²) in [6.45, 7) is 2.26. The number of nitrogens with two attached hydrogens (primary N) is 1. The normalized spacial score (nSPS) is 9.80. The van der Waals surface area contributed by atoms with Gasteiger partial charge >= 0.3 is 0 Å². The molecule has 0 radical (unpaired) electrons. The van der Waals surface area contributed by atoms with E-state index < -0.39 is 0 Å². The zero-order chi connectivity index (χ0) is 11.4. The Morgan fingerprint density at radius 2 is 2.13 bits per heavy atom. The summed E-state index contributed by atoms with van der Waals surface area (Å²) in [6, 6.07) is 5.57. The number of anilines is 2. The monoisotopic (exact) mass is 207 g/mol. The third-order valence-corrected chi connectivity index (χ3v) is 2.18. The Kier molecular flexibility index (Phi) is 3.55. The van der Waals surface area contributed by atoms with Gasteiger partial charge in [0, 0.05) is 25.5 Å². The molecule has 82 valence electrons. The first-order chi connectivity index (χ1) is 7.00. The second kappa shape index (κ2) is 4.68. The van der Waals surface area contributed by atoms with Crippen molar-refractivity contribution in [2.75, 3.05) is 31.7 Å². The maximum Gasteiger partial charge on any atom is 0.241 e. The minimum absolute atomic E-state index is 0.0474. The molecule has 1 aromatic carbocycles. The highest BCUT2D eigenvalue weighted by atomic mass is 16.2. The molecule has 0 saturated carbocycles. The van der Waals surface area contributed by atoms with Crippen molar-refractivity contribution < 1.29 is 4.79 Å². The molecule has 0 heterocycles. The molecule has 4 nitrogen and oxygen atoms in total. The number of hydrogen-bond donors (Lipinski definition) is 2.